The lowest BCUT2D eigenvalue weighted by Crippen LogP contribution is -1.97. The maximum atomic E-state index is 4.67. The van der Waals surface area contributed by atoms with Crippen molar-refractivity contribution in [2.45, 2.75) is 19.3 Å². The molecule has 0 bridgehead atoms. The summed E-state index contributed by atoms with van der Waals surface area (Å²) in [5.74, 6) is 0. The Bertz CT molecular complexity index is 427. The molecule has 14 heavy (non-hydrogen) atoms. The van der Waals surface area contributed by atoms with E-state index in [9.17, 15) is 0 Å². The van der Waals surface area contributed by atoms with Crippen molar-refractivity contribution >= 4 is 5.71 Å². The van der Waals surface area contributed by atoms with Crippen molar-refractivity contribution in [1.29, 1.82) is 0 Å². The maximum Gasteiger partial charge on any atom is 0.0681 e. The minimum Gasteiger partial charge on any atom is -0.284 e. The second-order valence-corrected chi connectivity index (χ2v) is 3.94. The Balaban J connectivity index is 2.17. The zero-order valence-electron chi connectivity index (χ0n) is 8.16. The first-order valence-corrected chi connectivity index (χ1v) is 5.27. The molecule has 0 radical (unpaired) electrons. The van der Waals surface area contributed by atoms with E-state index in [2.05, 4.69) is 35.3 Å². The predicted octanol–water partition coefficient (Wildman–Crippen LogP) is 2.75. The van der Waals surface area contributed by atoms with Crippen LogP contribution in [-0.4, -0.2) is 12.3 Å². The summed E-state index contributed by atoms with van der Waals surface area (Å²) in [6.45, 7) is 0.990. The summed E-state index contributed by atoms with van der Waals surface area (Å²) in [7, 11) is 0. The standard InChI is InChI=1S/C13H13N/c1-2-7-12-10(5-1)9-11-6-3-4-8-14-13(11)12/h1-2,5-7H,3-4,8-9H2. The smallest absolute Gasteiger partial charge is 0.0681 e. The molecule has 0 saturated heterocycles. The van der Waals surface area contributed by atoms with E-state index in [1.54, 1.807) is 0 Å². The van der Waals surface area contributed by atoms with Gasteiger partial charge in [0.1, 0.15) is 0 Å². The molecule has 2 aliphatic rings. The highest BCUT2D eigenvalue weighted by Crippen LogP contribution is 2.28. The van der Waals surface area contributed by atoms with Crippen LogP contribution in [0.5, 0.6) is 0 Å². The number of fused-ring (bicyclic) bond motifs is 3. The van der Waals surface area contributed by atoms with Crippen molar-refractivity contribution in [3.8, 4) is 0 Å². The van der Waals surface area contributed by atoms with Gasteiger partial charge in [-0.2, -0.15) is 0 Å². The first kappa shape index (κ1) is 7.98. The zero-order chi connectivity index (χ0) is 9.38. The highest BCUT2D eigenvalue weighted by molar-refractivity contribution is 6.16. The molecular formula is C13H13N. The fraction of sp³-hybridized carbons (Fsp3) is 0.308. The summed E-state index contributed by atoms with van der Waals surface area (Å²) in [5, 5.41) is 0. The quantitative estimate of drug-likeness (QED) is 0.586. The van der Waals surface area contributed by atoms with Crippen LogP contribution in [0.3, 0.4) is 0 Å². The van der Waals surface area contributed by atoms with Gasteiger partial charge in [0.05, 0.1) is 5.71 Å². The number of hydrogen-bond acceptors (Lipinski definition) is 1. The third kappa shape index (κ3) is 1.12. The molecule has 0 spiro atoms. The van der Waals surface area contributed by atoms with Crippen molar-refractivity contribution in [2.24, 2.45) is 4.99 Å². The van der Waals surface area contributed by atoms with Crippen LogP contribution in [0.25, 0.3) is 0 Å². The molecule has 0 amide bonds. The summed E-state index contributed by atoms with van der Waals surface area (Å²) in [4.78, 5) is 4.67. The van der Waals surface area contributed by atoms with Crippen molar-refractivity contribution < 1.29 is 0 Å². The molecule has 1 aliphatic carbocycles. The van der Waals surface area contributed by atoms with Gasteiger partial charge in [-0.1, -0.05) is 30.3 Å². The van der Waals surface area contributed by atoms with E-state index in [4.69, 9.17) is 0 Å². The van der Waals surface area contributed by atoms with Gasteiger partial charge >= 0.3 is 0 Å². The summed E-state index contributed by atoms with van der Waals surface area (Å²) in [6.07, 6.45) is 5.85. The Morgan fingerprint density at radius 2 is 2.07 bits per heavy atom. The highest BCUT2D eigenvalue weighted by Gasteiger charge is 2.22. The Labute approximate surface area is 84.2 Å². The van der Waals surface area contributed by atoms with E-state index in [0.29, 0.717) is 0 Å². The van der Waals surface area contributed by atoms with E-state index >= 15 is 0 Å². The van der Waals surface area contributed by atoms with E-state index < -0.39 is 0 Å². The molecule has 1 aromatic carbocycles. The molecular weight excluding hydrogens is 170 g/mol. The normalized spacial score (nSPS) is 19.1. The fourth-order valence-corrected chi connectivity index (χ4v) is 2.28. The van der Waals surface area contributed by atoms with Gasteiger partial charge in [-0.05, 0) is 30.4 Å². The van der Waals surface area contributed by atoms with Crippen molar-refractivity contribution in [2.75, 3.05) is 6.54 Å². The lowest BCUT2D eigenvalue weighted by molar-refractivity contribution is 0.863. The molecule has 0 saturated carbocycles. The minimum atomic E-state index is 0.990. The lowest BCUT2D eigenvalue weighted by atomic mass is 10.1. The molecule has 1 aromatic rings. The maximum absolute atomic E-state index is 4.67. The number of allylic oxidation sites excluding steroid dienone is 2. The number of rotatable bonds is 0. The van der Waals surface area contributed by atoms with Crippen LogP contribution in [0, 0.1) is 0 Å². The molecule has 70 valence electrons. The highest BCUT2D eigenvalue weighted by atomic mass is 14.7. The van der Waals surface area contributed by atoms with E-state index in [1.165, 1.54) is 35.3 Å². The summed E-state index contributed by atoms with van der Waals surface area (Å²) < 4.78 is 0. The van der Waals surface area contributed by atoms with Gasteiger partial charge in [-0.3, -0.25) is 4.99 Å². The topological polar surface area (TPSA) is 12.4 Å². The van der Waals surface area contributed by atoms with Crippen LogP contribution < -0.4 is 0 Å². The summed E-state index contributed by atoms with van der Waals surface area (Å²) in [6, 6.07) is 8.63. The fourth-order valence-electron chi connectivity index (χ4n) is 2.28. The SMILES string of the molecule is C1=C2Cc3ccccc3C2=NCCC1. The van der Waals surface area contributed by atoms with Gasteiger partial charge in [0.25, 0.3) is 0 Å². The van der Waals surface area contributed by atoms with Crippen LogP contribution in [0.4, 0.5) is 0 Å². The average molecular weight is 183 g/mol. The molecule has 1 nitrogen and oxygen atoms in total. The Hall–Kier alpha value is -1.37. The molecule has 1 heterocycles. The lowest BCUT2D eigenvalue weighted by Gasteiger charge is -1.98. The Kier molecular flexibility index (Phi) is 1.76. The summed E-state index contributed by atoms with van der Waals surface area (Å²) in [5.41, 5.74) is 5.52. The molecule has 0 aromatic heterocycles. The third-order valence-corrected chi connectivity index (χ3v) is 2.98. The Morgan fingerprint density at radius 1 is 1.14 bits per heavy atom. The van der Waals surface area contributed by atoms with Crippen LogP contribution in [0.2, 0.25) is 0 Å². The number of hydrogen-bond donors (Lipinski definition) is 0. The zero-order valence-corrected chi connectivity index (χ0v) is 8.16. The largest absolute Gasteiger partial charge is 0.284 e. The van der Waals surface area contributed by atoms with Crippen molar-refractivity contribution in [3.63, 3.8) is 0 Å². The van der Waals surface area contributed by atoms with Crippen LogP contribution in [0.15, 0.2) is 40.9 Å². The van der Waals surface area contributed by atoms with Gasteiger partial charge in [-0.25, -0.2) is 0 Å². The average Bonchev–Trinajstić information content (AvgIpc) is 2.42. The number of benzene rings is 1. The molecule has 1 heteroatoms. The van der Waals surface area contributed by atoms with E-state index in [1.807, 2.05) is 0 Å². The first-order chi connectivity index (χ1) is 6.95. The van der Waals surface area contributed by atoms with E-state index in [0.717, 1.165) is 13.0 Å². The first-order valence-electron chi connectivity index (χ1n) is 5.27. The van der Waals surface area contributed by atoms with Gasteiger partial charge in [-0.15, -0.1) is 0 Å². The molecule has 0 N–H and O–H groups in total. The molecule has 0 atom stereocenters. The molecule has 0 unspecified atom stereocenters. The second-order valence-electron chi connectivity index (χ2n) is 3.94. The van der Waals surface area contributed by atoms with Gasteiger partial charge in [0.15, 0.2) is 0 Å². The second kappa shape index (κ2) is 3.09. The molecule has 3 rings (SSSR count). The van der Waals surface area contributed by atoms with Crippen molar-refractivity contribution in [1.82, 2.24) is 0 Å². The monoisotopic (exact) mass is 183 g/mol. The summed E-state index contributed by atoms with van der Waals surface area (Å²) >= 11 is 0. The van der Waals surface area contributed by atoms with Crippen LogP contribution in [-0.2, 0) is 6.42 Å². The number of aliphatic imine (C=N–C) groups is 1. The Morgan fingerprint density at radius 3 is 3.07 bits per heavy atom. The third-order valence-electron chi connectivity index (χ3n) is 2.98. The molecule has 0 fully saturated rings. The predicted molar refractivity (Wildman–Crippen MR) is 58.9 cm³/mol. The van der Waals surface area contributed by atoms with Crippen LogP contribution in [0.1, 0.15) is 24.0 Å². The minimum absolute atomic E-state index is 0.990. The molecule has 1 aliphatic heterocycles. The van der Waals surface area contributed by atoms with Crippen LogP contribution >= 0.6 is 0 Å². The van der Waals surface area contributed by atoms with Crippen molar-refractivity contribution in [3.05, 3.63) is 47.0 Å². The van der Waals surface area contributed by atoms with Gasteiger partial charge in [0.2, 0.25) is 0 Å². The van der Waals surface area contributed by atoms with E-state index in [-0.39, 0.29) is 0 Å². The van der Waals surface area contributed by atoms with Gasteiger partial charge in [0, 0.05) is 12.1 Å². The van der Waals surface area contributed by atoms with Gasteiger partial charge < -0.3 is 0 Å². The number of nitrogens with zero attached hydrogens (tertiary/aromatic N) is 1.